The molecule has 6 heteroatoms. The summed E-state index contributed by atoms with van der Waals surface area (Å²) in [7, 11) is 2.16. The van der Waals surface area contributed by atoms with E-state index in [0.29, 0.717) is 12.6 Å². The minimum absolute atomic E-state index is 0.00996. The highest BCUT2D eigenvalue weighted by molar-refractivity contribution is 5.90. The molecule has 1 aliphatic rings. The van der Waals surface area contributed by atoms with E-state index in [4.69, 9.17) is 5.11 Å². The van der Waals surface area contributed by atoms with Gasteiger partial charge >= 0.3 is 5.97 Å². The highest BCUT2D eigenvalue weighted by atomic mass is 16.4. The average molecular weight is 434 g/mol. The Morgan fingerprint density at radius 3 is 2.47 bits per heavy atom. The molecule has 2 N–H and O–H groups in total. The van der Waals surface area contributed by atoms with Gasteiger partial charge in [-0.15, -0.1) is 0 Å². The summed E-state index contributed by atoms with van der Waals surface area (Å²) in [5, 5.41) is 13.2. The van der Waals surface area contributed by atoms with Gasteiger partial charge < -0.3 is 19.9 Å². The Balaban J connectivity index is 1.38. The van der Waals surface area contributed by atoms with Gasteiger partial charge in [0, 0.05) is 30.8 Å². The van der Waals surface area contributed by atoms with Crippen LogP contribution in [0.1, 0.15) is 42.5 Å². The fourth-order valence-electron chi connectivity index (χ4n) is 4.59. The number of benzene rings is 2. The van der Waals surface area contributed by atoms with E-state index in [2.05, 4.69) is 23.3 Å². The maximum Gasteiger partial charge on any atom is 0.335 e. The molecule has 1 saturated carbocycles. The van der Waals surface area contributed by atoms with Crippen LogP contribution in [-0.2, 0) is 11.3 Å². The summed E-state index contributed by atoms with van der Waals surface area (Å²) < 4.78 is 1.96. The van der Waals surface area contributed by atoms with E-state index in [1.54, 1.807) is 12.1 Å². The van der Waals surface area contributed by atoms with E-state index in [9.17, 15) is 9.59 Å². The van der Waals surface area contributed by atoms with Gasteiger partial charge in [-0.3, -0.25) is 4.79 Å². The first-order valence-electron chi connectivity index (χ1n) is 11.4. The molecule has 1 heterocycles. The van der Waals surface area contributed by atoms with Crippen LogP contribution in [0.25, 0.3) is 22.0 Å². The van der Waals surface area contributed by atoms with Gasteiger partial charge in [0.25, 0.3) is 0 Å². The fourth-order valence-corrected chi connectivity index (χ4v) is 4.59. The number of fused-ring (bicyclic) bond motifs is 1. The van der Waals surface area contributed by atoms with Crippen LogP contribution >= 0.6 is 0 Å². The number of rotatable bonds is 8. The second-order valence-electron chi connectivity index (χ2n) is 8.72. The number of nitrogens with zero attached hydrogens (tertiary/aromatic N) is 2. The molecule has 0 atom stereocenters. The first-order chi connectivity index (χ1) is 15.5. The fraction of sp³-hybridized carbons (Fsp3) is 0.385. The Bertz CT molecular complexity index is 1080. The molecule has 0 bridgehead atoms. The van der Waals surface area contributed by atoms with E-state index >= 15 is 0 Å². The second-order valence-corrected chi connectivity index (χ2v) is 8.72. The second kappa shape index (κ2) is 10.0. The number of carboxylic acid groups (broad SMARTS) is 1. The Hall–Kier alpha value is -3.12. The number of nitrogens with one attached hydrogen (secondary N) is 1. The van der Waals surface area contributed by atoms with Crippen molar-refractivity contribution in [2.75, 3.05) is 20.1 Å². The zero-order valence-corrected chi connectivity index (χ0v) is 18.6. The smallest absolute Gasteiger partial charge is 0.335 e. The molecule has 1 amide bonds. The van der Waals surface area contributed by atoms with Crippen LogP contribution in [0.4, 0.5) is 0 Å². The Labute approximate surface area is 188 Å². The highest BCUT2D eigenvalue weighted by Gasteiger charge is 2.17. The van der Waals surface area contributed by atoms with E-state index in [0.717, 1.165) is 28.6 Å². The number of aromatic nitrogens is 1. The number of carbonyl (C=O) groups excluding carboxylic acids is 1. The molecule has 32 heavy (non-hydrogen) atoms. The standard InChI is InChI=1S/C26H31N3O3/c1-28(23-5-3-2-4-6-23)16-14-27-25(30)18-29-15-13-20-9-12-22(17-24(20)29)19-7-10-21(11-8-19)26(31)32/h7-13,15,17,23H,2-6,14,16,18H2,1H3,(H,27,30)(H,31,32). The number of amides is 1. The minimum atomic E-state index is -0.933. The molecule has 0 saturated heterocycles. The Morgan fingerprint density at radius 1 is 1.03 bits per heavy atom. The molecule has 1 fully saturated rings. The monoisotopic (exact) mass is 433 g/mol. The van der Waals surface area contributed by atoms with Crippen molar-refractivity contribution < 1.29 is 14.7 Å². The third-order valence-electron chi connectivity index (χ3n) is 6.54. The van der Waals surface area contributed by atoms with Crippen molar-refractivity contribution in [2.45, 2.75) is 44.7 Å². The lowest BCUT2D eigenvalue weighted by molar-refractivity contribution is -0.121. The van der Waals surface area contributed by atoms with Crippen LogP contribution in [0, 0.1) is 0 Å². The zero-order chi connectivity index (χ0) is 22.5. The molecule has 1 aliphatic carbocycles. The van der Waals surface area contributed by atoms with Crippen molar-refractivity contribution in [1.82, 2.24) is 14.8 Å². The van der Waals surface area contributed by atoms with Crippen molar-refractivity contribution in [2.24, 2.45) is 0 Å². The number of carbonyl (C=O) groups is 2. The molecule has 6 nitrogen and oxygen atoms in total. The summed E-state index contributed by atoms with van der Waals surface area (Å²) in [6.45, 7) is 1.81. The summed E-state index contributed by atoms with van der Waals surface area (Å²) in [4.78, 5) is 26.0. The van der Waals surface area contributed by atoms with E-state index in [-0.39, 0.29) is 18.0 Å². The van der Waals surface area contributed by atoms with Crippen molar-refractivity contribution in [3.05, 3.63) is 60.3 Å². The van der Waals surface area contributed by atoms with E-state index in [1.807, 2.05) is 41.1 Å². The van der Waals surface area contributed by atoms with Gasteiger partial charge in [-0.1, -0.05) is 43.5 Å². The molecular formula is C26H31N3O3. The molecule has 3 aromatic rings. The molecular weight excluding hydrogens is 402 g/mol. The lowest BCUT2D eigenvalue weighted by atomic mass is 9.94. The average Bonchev–Trinajstić information content (AvgIpc) is 3.21. The van der Waals surface area contributed by atoms with Crippen LogP contribution < -0.4 is 5.32 Å². The SMILES string of the molecule is CN(CCNC(=O)Cn1ccc2ccc(-c3ccc(C(=O)O)cc3)cc21)C1CCCCC1. The molecule has 168 valence electrons. The topological polar surface area (TPSA) is 74.6 Å². The van der Waals surface area contributed by atoms with Crippen molar-refractivity contribution in [3.63, 3.8) is 0 Å². The molecule has 2 aromatic carbocycles. The number of likely N-dealkylation sites (N-methyl/N-ethyl adjacent to an activating group) is 1. The number of hydrogen-bond acceptors (Lipinski definition) is 3. The summed E-state index contributed by atoms with van der Waals surface area (Å²) in [5.74, 6) is -0.924. The highest BCUT2D eigenvalue weighted by Crippen LogP contribution is 2.26. The van der Waals surface area contributed by atoms with Crippen LogP contribution in [0.5, 0.6) is 0 Å². The largest absolute Gasteiger partial charge is 0.478 e. The first kappa shape index (κ1) is 22.1. The molecule has 0 spiro atoms. The summed E-state index contributed by atoms with van der Waals surface area (Å²) >= 11 is 0. The normalized spacial score (nSPS) is 14.7. The van der Waals surface area contributed by atoms with Crippen LogP contribution in [0.15, 0.2) is 54.7 Å². The molecule has 0 radical (unpaired) electrons. The minimum Gasteiger partial charge on any atom is -0.478 e. The van der Waals surface area contributed by atoms with Gasteiger partial charge in [0.15, 0.2) is 0 Å². The van der Waals surface area contributed by atoms with Crippen molar-refractivity contribution in [1.29, 1.82) is 0 Å². The van der Waals surface area contributed by atoms with Crippen LogP contribution in [-0.4, -0.2) is 52.6 Å². The third kappa shape index (κ3) is 5.19. The maximum atomic E-state index is 12.6. The first-order valence-corrected chi connectivity index (χ1v) is 11.4. The number of carboxylic acids is 1. The Morgan fingerprint density at radius 2 is 1.75 bits per heavy atom. The molecule has 4 rings (SSSR count). The predicted octanol–water partition coefficient (Wildman–Crippen LogP) is 4.39. The Kier molecular flexibility index (Phi) is 6.90. The van der Waals surface area contributed by atoms with Gasteiger partial charge in [-0.05, 0) is 60.7 Å². The quantitative estimate of drug-likeness (QED) is 0.553. The van der Waals surface area contributed by atoms with Gasteiger partial charge in [0.2, 0.25) is 5.91 Å². The lowest BCUT2D eigenvalue weighted by Gasteiger charge is -2.31. The molecule has 1 aromatic heterocycles. The van der Waals surface area contributed by atoms with Gasteiger partial charge in [0.05, 0.1) is 5.56 Å². The van der Waals surface area contributed by atoms with Crippen LogP contribution in [0.3, 0.4) is 0 Å². The maximum absolute atomic E-state index is 12.6. The van der Waals surface area contributed by atoms with Gasteiger partial charge in [0.1, 0.15) is 6.54 Å². The molecule has 0 aliphatic heterocycles. The lowest BCUT2D eigenvalue weighted by Crippen LogP contribution is -2.40. The third-order valence-corrected chi connectivity index (χ3v) is 6.54. The van der Waals surface area contributed by atoms with Gasteiger partial charge in [-0.25, -0.2) is 4.79 Å². The number of aromatic carboxylic acids is 1. The van der Waals surface area contributed by atoms with Crippen molar-refractivity contribution >= 4 is 22.8 Å². The summed E-state index contributed by atoms with van der Waals surface area (Å²) in [5.41, 5.74) is 3.19. The van der Waals surface area contributed by atoms with Crippen LogP contribution in [0.2, 0.25) is 0 Å². The predicted molar refractivity (Wildman–Crippen MR) is 127 cm³/mol. The van der Waals surface area contributed by atoms with Gasteiger partial charge in [-0.2, -0.15) is 0 Å². The molecule has 0 unspecified atom stereocenters. The van der Waals surface area contributed by atoms with E-state index < -0.39 is 5.97 Å². The van der Waals surface area contributed by atoms with Crippen molar-refractivity contribution in [3.8, 4) is 11.1 Å². The number of hydrogen-bond donors (Lipinski definition) is 2. The summed E-state index contributed by atoms with van der Waals surface area (Å²) in [6, 6.07) is 15.6. The summed E-state index contributed by atoms with van der Waals surface area (Å²) in [6.07, 6.45) is 8.45. The zero-order valence-electron chi connectivity index (χ0n) is 18.6. The van der Waals surface area contributed by atoms with E-state index in [1.165, 1.54) is 32.1 Å².